The lowest BCUT2D eigenvalue weighted by Crippen LogP contribution is -2.54. The molecule has 2 aromatic rings. The lowest BCUT2D eigenvalue weighted by Gasteiger charge is -2.37. The molecule has 0 saturated carbocycles. The molecule has 0 aromatic heterocycles. The van der Waals surface area contributed by atoms with Crippen molar-refractivity contribution in [3.63, 3.8) is 0 Å². The van der Waals surface area contributed by atoms with E-state index in [-0.39, 0.29) is 11.8 Å². The largest absolute Gasteiger partial charge is 0.497 e. The lowest BCUT2D eigenvalue weighted by molar-refractivity contribution is -0.136. The topological polar surface area (TPSA) is 62.3 Å². The van der Waals surface area contributed by atoms with E-state index in [0.29, 0.717) is 41.8 Å². The molecule has 2 aliphatic rings. The molecule has 4 rings (SSSR count). The van der Waals surface area contributed by atoms with E-state index in [4.69, 9.17) is 9.47 Å². The standard InChI is InChI=1S/C24H29N3O4S/c1-30-20-12-19(13-21(14-20)31-2)23(28)27-17-32-16-22(27)24(29)26-10-8-25(9-11-26)15-18-6-4-3-5-7-18/h3-7,12-14,22H,8-11,15-17H2,1-2H3. The van der Waals surface area contributed by atoms with Crippen LogP contribution >= 0.6 is 11.8 Å². The Morgan fingerprint density at radius 3 is 2.25 bits per heavy atom. The Morgan fingerprint density at radius 1 is 0.969 bits per heavy atom. The molecule has 2 saturated heterocycles. The first-order chi connectivity index (χ1) is 15.6. The normalized spacial score (nSPS) is 19.1. The molecular weight excluding hydrogens is 426 g/mol. The second-order valence-electron chi connectivity index (χ2n) is 7.98. The number of carbonyl (C=O) groups excluding carboxylic acids is 2. The van der Waals surface area contributed by atoms with Crippen molar-refractivity contribution in [2.75, 3.05) is 52.0 Å². The highest BCUT2D eigenvalue weighted by Gasteiger charge is 2.38. The molecule has 2 amide bonds. The minimum atomic E-state index is -0.439. The molecule has 2 aliphatic heterocycles. The van der Waals surface area contributed by atoms with Crippen LogP contribution < -0.4 is 9.47 Å². The quantitative estimate of drug-likeness (QED) is 0.667. The molecule has 32 heavy (non-hydrogen) atoms. The fourth-order valence-electron chi connectivity index (χ4n) is 4.12. The maximum absolute atomic E-state index is 13.3. The molecule has 0 N–H and O–H groups in total. The molecular formula is C24H29N3O4S. The van der Waals surface area contributed by atoms with Crippen LogP contribution in [0.2, 0.25) is 0 Å². The van der Waals surface area contributed by atoms with E-state index in [2.05, 4.69) is 29.2 Å². The number of hydrogen-bond acceptors (Lipinski definition) is 6. The van der Waals surface area contributed by atoms with Gasteiger partial charge < -0.3 is 19.3 Å². The number of methoxy groups -OCH3 is 2. The summed E-state index contributed by atoms with van der Waals surface area (Å²) in [6, 6.07) is 15.1. The minimum absolute atomic E-state index is 0.0394. The summed E-state index contributed by atoms with van der Waals surface area (Å²) >= 11 is 1.61. The summed E-state index contributed by atoms with van der Waals surface area (Å²) in [5, 5.41) is 0. The summed E-state index contributed by atoms with van der Waals surface area (Å²) in [4.78, 5) is 32.5. The summed E-state index contributed by atoms with van der Waals surface area (Å²) < 4.78 is 10.6. The summed E-state index contributed by atoms with van der Waals surface area (Å²) in [5.74, 6) is 2.10. The second-order valence-corrected chi connectivity index (χ2v) is 8.98. The van der Waals surface area contributed by atoms with Gasteiger partial charge in [-0.3, -0.25) is 14.5 Å². The molecule has 0 bridgehead atoms. The Kier molecular flexibility index (Phi) is 7.22. The van der Waals surface area contributed by atoms with Crippen LogP contribution in [0.1, 0.15) is 15.9 Å². The Morgan fingerprint density at radius 2 is 1.62 bits per heavy atom. The number of thioether (sulfide) groups is 1. The Labute approximate surface area is 193 Å². The van der Waals surface area contributed by atoms with Crippen LogP contribution in [-0.2, 0) is 11.3 Å². The number of benzene rings is 2. The second kappa shape index (κ2) is 10.3. The summed E-state index contributed by atoms with van der Waals surface area (Å²) in [6.07, 6.45) is 0. The first-order valence-electron chi connectivity index (χ1n) is 10.8. The van der Waals surface area contributed by atoms with Gasteiger partial charge in [0.1, 0.15) is 17.5 Å². The van der Waals surface area contributed by atoms with Gasteiger partial charge in [-0.05, 0) is 17.7 Å². The first kappa shape index (κ1) is 22.5. The number of ether oxygens (including phenoxy) is 2. The highest BCUT2D eigenvalue weighted by atomic mass is 32.2. The lowest BCUT2D eigenvalue weighted by atomic mass is 10.1. The Balaban J connectivity index is 1.39. The molecule has 8 heteroatoms. The molecule has 7 nitrogen and oxygen atoms in total. The van der Waals surface area contributed by atoms with Crippen LogP contribution in [0.15, 0.2) is 48.5 Å². The van der Waals surface area contributed by atoms with Crippen molar-refractivity contribution in [2.24, 2.45) is 0 Å². The van der Waals surface area contributed by atoms with Crippen molar-refractivity contribution in [1.29, 1.82) is 0 Å². The van der Waals surface area contributed by atoms with Crippen molar-refractivity contribution in [2.45, 2.75) is 12.6 Å². The van der Waals surface area contributed by atoms with Crippen molar-refractivity contribution in [3.8, 4) is 11.5 Å². The van der Waals surface area contributed by atoms with Crippen LogP contribution in [0.5, 0.6) is 11.5 Å². The molecule has 1 atom stereocenters. The molecule has 0 spiro atoms. The summed E-state index contributed by atoms with van der Waals surface area (Å²) in [7, 11) is 3.11. The number of nitrogens with zero attached hydrogens (tertiary/aromatic N) is 3. The zero-order chi connectivity index (χ0) is 22.5. The van der Waals surface area contributed by atoms with Crippen molar-refractivity contribution < 1.29 is 19.1 Å². The third-order valence-corrected chi connectivity index (χ3v) is 6.97. The average molecular weight is 456 g/mol. The Hall–Kier alpha value is -2.71. The van der Waals surface area contributed by atoms with E-state index in [1.54, 1.807) is 49.1 Å². The Bertz CT molecular complexity index is 925. The van der Waals surface area contributed by atoms with E-state index >= 15 is 0 Å². The molecule has 170 valence electrons. The van der Waals surface area contributed by atoms with Crippen LogP contribution in [0.3, 0.4) is 0 Å². The van der Waals surface area contributed by atoms with Gasteiger partial charge in [-0.25, -0.2) is 0 Å². The van der Waals surface area contributed by atoms with Crippen molar-refractivity contribution in [1.82, 2.24) is 14.7 Å². The predicted molar refractivity (Wildman–Crippen MR) is 125 cm³/mol. The van der Waals surface area contributed by atoms with Crippen molar-refractivity contribution in [3.05, 3.63) is 59.7 Å². The number of piperazine rings is 1. The van der Waals surface area contributed by atoms with Crippen LogP contribution in [-0.4, -0.2) is 84.6 Å². The van der Waals surface area contributed by atoms with Gasteiger partial charge in [0, 0.05) is 50.1 Å². The minimum Gasteiger partial charge on any atom is -0.497 e. The van der Waals surface area contributed by atoms with Gasteiger partial charge in [-0.2, -0.15) is 0 Å². The van der Waals surface area contributed by atoms with E-state index in [9.17, 15) is 9.59 Å². The molecule has 1 unspecified atom stereocenters. The number of hydrogen-bond donors (Lipinski definition) is 0. The SMILES string of the molecule is COc1cc(OC)cc(C(=O)N2CSCC2C(=O)N2CCN(Cc3ccccc3)CC2)c1. The highest BCUT2D eigenvalue weighted by Crippen LogP contribution is 2.28. The predicted octanol–water partition coefficient (Wildman–Crippen LogP) is 2.56. The third-order valence-electron chi connectivity index (χ3n) is 5.96. The van der Waals surface area contributed by atoms with E-state index in [0.717, 1.165) is 19.6 Å². The summed E-state index contributed by atoms with van der Waals surface area (Å²) in [5.41, 5.74) is 1.75. The monoisotopic (exact) mass is 455 g/mol. The number of carbonyl (C=O) groups is 2. The van der Waals surface area contributed by atoms with E-state index in [1.807, 2.05) is 11.0 Å². The molecule has 2 heterocycles. The molecule has 0 radical (unpaired) electrons. The number of amides is 2. The van der Waals surface area contributed by atoms with E-state index in [1.165, 1.54) is 5.56 Å². The smallest absolute Gasteiger partial charge is 0.255 e. The molecule has 0 aliphatic carbocycles. The van der Waals surface area contributed by atoms with E-state index < -0.39 is 6.04 Å². The third kappa shape index (κ3) is 5.02. The van der Waals surface area contributed by atoms with Crippen LogP contribution in [0.4, 0.5) is 0 Å². The maximum Gasteiger partial charge on any atom is 0.255 e. The highest BCUT2D eigenvalue weighted by molar-refractivity contribution is 7.99. The van der Waals surface area contributed by atoms with Gasteiger partial charge in [-0.15, -0.1) is 11.8 Å². The molecule has 2 fully saturated rings. The molecule has 2 aromatic carbocycles. The van der Waals surface area contributed by atoms with Gasteiger partial charge in [-0.1, -0.05) is 30.3 Å². The van der Waals surface area contributed by atoms with Gasteiger partial charge >= 0.3 is 0 Å². The fourth-order valence-corrected chi connectivity index (χ4v) is 5.27. The zero-order valence-corrected chi connectivity index (χ0v) is 19.3. The first-order valence-corrected chi connectivity index (χ1v) is 11.9. The van der Waals surface area contributed by atoms with Crippen molar-refractivity contribution >= 4 is 23.6 Å². The van der Waals surface area contributed by atoms with Crippen LogP contribution in [0, 0.1) is 0 Å². The number of rotatable bonds is 6. The van der Waals surface area contributed by atoms with Gasteiger partial charge in [0.25, 0.3) is 5.91 Å². The van der Waals surface area contributed by atoms with Gasteiger partial charge in [0.15, 0.2) is 0 Å². The zero-order valence-electron chi connectivity index (χ0n) is 18.5. The van der Waals surface area contributed by atoms with Gasteiger partial charge in [0.2, 0.25) is 5.91 Å². The average Bonchev–Trinajstić information content (AvgIpc) is 3.34. The van der Waals surface area contributed by atoms with Crippen LogP contribution in [0.25, 0.3) is 0 Å². The fraction of sp³-hybridized carbons (Fsp3) is 0.417. The maximum atomic E-state index is 13.3. The summed E-state index contributed by atoms with van der Waals surface area (Å²) in [6.45, 7) is 3.93. The van der Waals surface area contributed by atoms with Gasteiger partial charge in [0.05, 0.1) is 20.1 Å².